The monoisotopic (exact) mass is 526 g/mol. The molecule has 2 aromatic heterocycles. The predicted octanol–water partition coefficient (Wildman–Crippen LogP) is 2.66. The topological polar surface area (TPSA) is 103 Å². The molecule has 0 radical (unpaired) electrons. The minimum absolute atomic E-state index is 0.0922. The molecule has 1 atom stereocenters. The van der Waals surface area contributed by atoms with Crippen LogP contribution in [0.15, 0.2) is 20.9 Å². The molecule has 4 rings (SSSR count). The minimum atomic E-state index is -5.27. The van der Waals surface area contributed by atoms with Crippen LogP contribution in [0, 0.1) is 11.8 Å². The highest BCUT2D eigenvalue weighted by molar-refractivity contribution is 5.76. The molecule has 0 aliphatic carbocycles. The van der Waals surface area contributed by atoms with Gasteiger partial charge in [0.2, 0.25) is 5.95 Å². The van der Waals surface area contributed by atoms with Crippen molar-refractivity contribution in [3.8, 4) is 0 Å². The van der Waals surface area contributed by atoms with Crippen LogP contribution in [0.1, 0.15) is 53.2 Å². The molecule has 2 aliphatic rings. The van der Waals surface area contributed by atoms with E-state index in [4.69, 9.17) is 9.72 Å². The van der Waals surface area contributed by atoms with Crippen molar-refractivity contribution in [3.05, 3.63) is 32.1 Å². The molecule has 10 nitrogen and oxygen atoms in total. The fourth-order valence-corrected chi connectivity index (χ4v) is 4.87. The molecular formula is C24H33F3N6O4. The van der Waals surface area contributed by atoms with E-state index in [0.29, 0.717) is 42.5 Å². The Morgan fingerprint density at radius 3 is 2.46 bits per heavy atom. The number of nitrogens with zero attached hydrogens (tertiary/aromatic N) is 5. The molecule has 0 amide bonds. The summed E-state index contributed by atoms with van der Waals surface area (Å²) in [4.78, 5) is 45.6. The highest BCUT2D eigenvalue weighted by Gasteiger charge is 2.43. The van der Waals surface area contributed by atoms with Gasteiger partial charge in [0.15, 0.2) is 17.4 Å². The molecule has 2 aromatic rings. The second-order valence-electron chi connectivity index (χ2n) is 10.5. The van der Waals surface area contributed by atoms with Crippen LogP contribution in [0.4, 0.5) is 19.1 Å². The Hall–Kier alpha value is -3.09. The number of aromatic nitrogens is 4. The van der Waals surface area contributed by atoms with Crippen molar-refractivity contribution in [3.63, 3.8) is 0 Å². The van der Waals surface area contributed by atoms with Gasteiger partial charge in [-0.2, -0.15) is 18.2 Å². The lowest BCUT2D eigenvalue weighted by atomic mass is 10.1. The number of fused-ring (bicyclic) bond motifs is 1. The van der Waals surface area contributed by atoms with Crippen LogP contribution in [-0.2, 0) is 23.1 Å². The van der Waals surface area contributed by atoms with Gasteiger partial charge in [-0.25, -0.2) is 14.2 Å². The third-order valence-electron chi connectivity index (χ3n) is 6.77. The maximum atomic E-state index is 13.9. The van der Waals surface area contributed by atoms with Crippen molar-refractivity contribution in [2.24, 2.45) is 18.9 Å². The van der Waals surface area contributed by atoms with E-state index < -0.39 is 29.6 Å². The van der Waals surface area contributed by atoms with Crippen LogP contribution < -0.4 is 21.5 Å². The first-order valence-electron chi connectivity index (χ1n) is 12.5. The molecule has 4 heterocycles. The summed E-state index contributed by atoms with van der Waals surface area (Å²) in [6.07, 6.45) is -5.58. The van der Waals surface area contributed by atoms with Gasteiger partial charge >= 0.3 is 17.8 Å². The zero-order valence-corrected chi connectivity index (χ0v) is 21.7. The number of nitrogens with one attached hydrogen (secondary N) is 1. The summed E-state index contributed by atoms with van der Waals surface area (Å²) in [5.41, 5.74) is 0.847. The van der Waals surface area contributed by atoms with Gasteiger partial charge in [0.05, 0.1) is 0 Å². The van der Waals surface area contributed by atoms with E-state index in [-0.39, 0.29) is 23.5 Å². The number of halogens is 3. The second-order valence-corrected chi connectivity index (χ2v) is 10.5. The van der Waals surface area contributed by atoms with E-state index in [2.05, 4.69) is 5.32 Å². The standard InChI is InChI=1S/C24H33F3N6O4/c1-13(2)6-8-32-18-19(29-22(32)31-9-7-15-11-28-12-16(15)31)30(5)23(36)33(20(18)34)17(10-14(3)4)37-21(35)24(25,26)27/h13-14,17,28H,6-12H2,1-5H3. The summed E-state index contributed by atoms with van der Waals surface area (Å²) in [6, 6.07) is 0. The van der Waals surface area contributed by atoms with E-state index in [1.807, 2.05) is 18.7 Å². The van der Waals surface area contributed by atoms with Gasteiger partial charge in [0.1, 0.15) is 0 Å². The molecule has 0 fully saturated rings. The zero-order chi connectivity index (χ0) is 27.2. The number of carbonyl (C=O) groups is 1. The maximum Gasteiger partial charge on any atom is 0.491 e. The van der Waals surface area contributed by atoms with E-state index in [1.54, 1.807) is 18.4 Å². The fraction of sp³-hybridized carbons (Fsp3) is 0.667. The van der Waals surface area contributed by atoms with E-state index in [9.17, 15) is 27.6 Å². The highest BCUT2D eigenvalue weighted by atomic mass is 19.4. The third-order valence-corrected chi connectivity index (χ3v) is 6.77. The summed E-state index contributed by atoms with van der Waals surface area (Å²) in [6.45, 7) is 10.0. The summed E-state index contributed by atoms with van der Waals surface area (Å²) < 4.78 is 47.4. The smallest absolute Gasteiger partial charge is 0.434 e. The SMILES string of the molecule is CC(C)CCn1c(N2CCC3=C2CNC3)nc2c1c(=O)n(C(CC(C)C)OC(=O)C(F)(F)F)c(=O)n2C. The lowest BCUT2D eigenvalue weighted by Gasteiger charge is -2.23. The number of anilines is 1. The Balaban J connectivity index is 1.93. The number of aryl methyl sites for hydroxylation is 2. The van der Waals surface area contributed by atoms with E-state index in [1.165, 1.54) is 12.6 Å². The molecule has 0 saturated carbocycles. The van der Waals surface area contributed by atoms with Crippen molar-refractivity contribution in [1.29, 1.82) is 0 Å². The number of esters is 1. The Kier molecular flexibility index (Phi) is 7.28. The number of imidazole rings is 1. The first kappa shape index (κ1) is 27.0. The van der Waals surface area contributed by atoms with Gasteiger partial charge in [-0.05, 0) is 30.3 Å². The first-order valence-corrected chi connectivity index (χ1v) is 12.5. The number of rotatable bonds is 8. The van der Waals surface area contributed by atoms with Gasteiger partial charge < -0.3 is 19.5 Å². The highest BCUT2D eigenvalue weighted by Crippen LogP contribution is 2.32. The average Bonchev–Trinajstić information content (AvgIpc) is 3.49. The van der Waals surface area contributed by atoms with Crippen LogP contribution in [0.25, 0.3) is 11.2 Å². The molecule has 0 saturated heterocycles. The van der Waals surface area contributed by atoms with Crippen molar-refractivity contribution >= 4 is 23.1 Å². The van der Waals surface area contributed by atoms with Crippen LogP contribution >= 0.6 is 0 Å². The number of carbonyl (C=O) groups excluding carboxylic acids is 1. The molecule has 204 valence electrons. The van der Waals surface area contributed by atoms with Crippen molar-refractivity contribution < 1.29 is 22.7 Å². The molecule has 1 N–H and O–H groups in total. The van der Waals surface area contributed by atoms with E-state index >= 15 is 0 Å². The molecule has 13 heteroatoms. The summed E-state index contributed by atoms with van der Waals surface area (Å²) in [7, 11) is 1.41. The molecule has 0 bridgehead atoms. The first-order chi connectivity index (χ1) is 17.3. The molecule has 37 heavy (non-hydrogen) atoms. The number of hydrogen-bond donors (Lipinski definition) is 1. The number of ether oxygens (including phenoxy) is 1. The van der Waals surface area contributed by atoms with Crippen LogP contribution in [0.3, 0.4) is 0 Å². The average molecular weight is 527 g/mol. The Bertz CT molecular complexity index is 1350. The number of hydrogen-bond acceptors (Lipinski definition) is 7. The van der Waals surface area contributed by atoms with Gasteiger partial charge in [0, 0.05) is 45.3 Å². The Morgan fingerprint density at radius 2 is 1.84 bits per heavy atom. The Morgan fingerprint density at radius 1 is 1.14 bits per heavy atom. The maximum absolute atomic E-state index is 13.9. The van der Waals surface area contributed by atoms with Crippen LogP contribution in [0.5, 0.6) is 0 Å². The second kappa shape index (κ2) is 9.99. The van der Waals surface area contributed by atoms with Gasteiger partial charge in [-0.1, -0.05) is 27.7 Å². The van der Waals surface area contributed by atoms with Gasteiger partial charge in [-0.15, -0.1) is 0 Å². The van der Waals surface area contributed by atoms with E-state index in [0.717, 1.165) is 23.2 Å². The lowest BCUT2D eigenvalue weighted by molar-refractivity contribution is -0.210. The lowest BCUT2D eigenvalue weighted by Crippen LogP contribution is -2.44. The predicted molar refractivity (Wildman–Crippen MR) is 131 cm³/mol. The van der Waals surface area contributed by atoms with Crippen LogP contribution in [-0.4, -0.2) is 50.5 Å². The molecular weight excluding hydrogens is 493 g/mol. The zero-order valence-electron chi connectivity index (χ0n) is 21.7. The molecule has 2 aliphatic heterocycles. The quantitative estimate of drug-likeness (QED) is 0.528. The molecule has 0 spiro atoms. The Labute approximate surface area is 211 Å². The minimum Gasteiger partial charge on any atom is -0.434 e. The normalized spacial score (nSPS) is 17.0. The van der Waals surface area contributed by atoms with Gasteiger partial charge in [0.25, 0.3) is 5.56 Å². The van der Waals surface area contributed by atoms with Gasteiger partial charge in [-0.3, -0.25) is 9.36 Å². The third kappa shape index (κ3) is 5.05. The number of alkyl halides is 3. The van der Waals surface area contributed by atoms with Crippen molar-refractivity contribution in [2.45, 2.75) is 65.9 Å². The summed E-state index contributed by atoms with van der Waals surface area (Å²) >= 11 is 0. The van der Waals surface area contributed by atoms with Crippen molar-refractivity contribution in [1.82, 2.24) is 24.0 Å². The summed E-state index contributed by atoms with van der Waals surface area (Å²) in [5.74, 6) is -1.92. The largest absolute Gasteiger partial charge is 0.491 e. The van der Waals surface area contributed by atoms with Crippen molar-refractivity contribution in [2.75, 3.05) is 24.5 Å². The molecule has 0 aromatic carbocycles. The molecule has 1 unspecified atom stereocenters. The van der Waals surface area contributed by atoms with Crippen LogP contribution in [0.2, 0.25) is 0 Å². The fourth-order valence-electron chi connectivity index (χ4n) is 4.87. The summed E-state index contributed by atoms with van der Waals surface area (Å²) in [5, 5.41) is 3.32.